The van der Waals surface area contributed by atoms with Gasteiger partial charge in [0.2, 0.25) is 0 Å². The number of hydrogen-bond acceptors (Lipinski definition) is 4. The molecule has 1 unspecified atom stereocenters. The van der Waals surface area contributed by atoms with Gasteiger partial charge in [0, 0.05) is 0 Å². The first-order valence-electron chi connectivity index (χ1n) is 7.72. The summed E-state index contributed by atoms with van der Waals surface area (Å²) in [5.74, 6) is 0.671. The standard InChI is InChI=1S/C19H24O3S/c1-23-16-21-15-19(22-13-18-10-6-3-7-11-18)14-20-12-17-8-4-2-5-9-17/h2-11,19H,12-16H2,1H3. The van der Waals surface area contributed by atoms with Gasteiger partial charge in [0.1, 0.15) is 6.10 Å². The van der Waals surface area contributed by atoms with Crippen molar-refractivity contribution in [2.75, 3.05) is 25.4 Å². The van der Waals surface area contributed by atoms with Crippen molar-refractivity contribution in [1.29, 1.82) is 0 Å². The molecule has 23 heavy (non-hydrogen) atoms. The quantitative estimate of drug-likeness (QED) is 0.457. The third-order valence-electron chi connectivity index (χ3n) is 3.25. The van der Waals surface area contributed by atoms with Gasteiger partial charge in [-0.15, -0.1) is 11.8 Å². The lowest BCUT2D eigenvalue weighted by Crippen LogP contribution is -2.25. The van der Waals surface area contributed by atoms with Gasteiger partial charge < -0.3 is 14.2 Å². The van der Waals surface area contributed by atoms with Gasteiger partial charge >= 0.3 is 0 Å². The third-order valence-corrected chi connectivity index (χ3v) is 3.65. The van der Waals surface area contributed by atoms with E-state index in [1.165, 1.54) is 5.56 Å². The van der Waals surface area contributed by atoms with E-state index in [-0.39, 0.29) is 6.10 Å². The Balaban J connectivity index is 1.76. The van der Waals surface area contributed by atoms with Crippen molar-refractivity contribution in [1.82, 2.24) is 0 Å². The van der Waals surface area contributed by atoms with Crippen LogP contribution in [0.4, 0.5) is 0 Å². The first kappa shape index (κ1) is 18.0. The zero-order valence-electron chi connectivity index (χ0n) is 13.5. The lowest BCUT2D eigenvalue weighted by molar-refractivity contribution is -0.0637. The predicted octanol–water partition coefficient (Wildman–Crippen LogP) is 4.13. The number of hydrogen-bond donors (Lipinski definition) is 0. The van der Waals surface area contributed by atoms with Crippen molar-refractivity contribution in [3.05, 3.63) is 71.8 Å². The molecule has 0 aliphatic carbocycles. The Bertz CT molecular complexity index is 519. The Labute approximate surface area is 143 Å². The topological polar surface area (TPSA) is 27.7 Å². The maximum atomic E-state index is 5.95. The molecule has 4 heteroatoms. The maximum Gasteiger partial charge on any atom is 0.105 e. The SMILES string of the molecule is CSCOCC(COCc1ccccc1)OCc1ccccc1. The van der Waals surface area contributed by atoms with Crippen LogP contribution in [0.2, 0.25) is 0 Å². The van der Waals surface area contributed by atoms with Crippen LogP contribution in [0.5, 0.6) is 0 Å². The Hall–Kier alpha value is -1.33. The largest absolute Gasteiger partial charge is 0.374 e. The average Bonchev–Trinajstić information content (AvgIpc) is 2.61. The molecule has 0 saturated heterocycles. The number of thioether (sulfide) groups is 1. The molecular weight excluding hydrogens is 308 g/mol. The average molecular weight is 332 g/mol. The highest BCUT2D eigenvalue weighted by Gasteiger charge is 2.10. The molecule has 0 N–H and O–H groups in total. The molecular formula is C19H24O3S. The van der Waals surface area contributed by atoms with Crippen LogP contribution in [0.1, 0.15) is 11.1 Å². The summed E-state index contributed by atoms with van der Waals surface area (Å²) in [5.41, 5.74) is 2.32. The summed E-state index contributed by atoms with van der Waals surface area (Å²) in [7, 11) is 0. The van der Waals surface area contributed by atoms with Crippen molar-refractivity contribution in [3.63, 3.8) is 0 Å². The second-order valence-corrected chi connectivity index (χ2v) is 6.01. The van der Waals surface area contributed by atoms with E-state index in [2.05, 4.69) is 24.3 Å². The van der Waals surface area contributed by atoms with E-state index < -0.39 is 0 Å². The van der Waals surface area contributed by atoms with Gasteiger partial charge in [0.05, 0.1) is 32.4 Å². The van der Waals surface area contributed by atoms with Crippen molar-refractivity contribution in [3.8, 4) is 0 Å². The lowest BCUT2D eigenvalue weighted by atomic mass is 10.2. The molecule has 3 nitrogen and oxygen atoms in total. The first-order chi connectivity index (χ1) is 11.4. The molecule has 0 spiro atoms. The molecule has 124 valence electrons. The maximum absolute atomic E-state index is 5.95. The van der Waals surface area contributed by atoms with Crippen molar-refractivity contribution < 1.29 is 14.2 Å². The van der Waals surface area contributed by atoms with Crippen LogP contribution in [0, 0.1) is 0 Å². The summed E-state index contributed by atoms with van der Waals surface area (Å²) in [6.45, 7) is 2.23. The summed E-state index contributed by atoms with van der Waals surface area (Å²) in [5, 5.41) is 0. The summed E-state index contributed by atoms with van der Waals surface area (Å²) < 4.78 is 17.3. The molecule has 0 radical (unpaired) electrons. The molecule has 1 atom stereocenters. The Morgan fingerprint density at radius 1 is 0.783 bits per heavy atom. The van der Waals surface area contributed by atoms with Crippen LogP contribution < -0.4 is 0 Å². The van der Waals surface area contributed by atoms with Gasteiger partial charge in [-0.3, -0.25) is 0 Å². The number of rotatable bonds is 11. The molecule has 2 aromatic carbocycles. The second kappa shape index (κ2) is 11.2. The highest BCUT2D eigenvalue weighted by Crippen LogP contribution is 2.07. The summed E-state index contributed by atoms with van der Waals surface area (Å²) in [4.78, 5) is 0. The second-order valence-electron chi connectivity index (χ2n) is 5.20. The normalized spacial score (nSPS) is 12.2. The zero-order chi connectivity index (χ0) is 16.2. The highest BCUT2D eigenvalue weighted by molar-refractivity contribution is 7.98. The smallest absolute Gasteiger partial charge is 0.105 e. The molecule has 0 aromatic heterocycles. The minimum absolute atomic E-state index is 0.0638. The fourth-order valence-corrected chi connectivity index (χ4v) is 2.34. The minimum atomic E-state index is -0.0638. The molecule has 0 amide bonds. The van der Waals surface area contributed by atoms with E-state index in [1.807, 2.05) is 42.7 Å². The summed E-state index contributed by atoms with van der Waals surface area (Å²) in [6, 6.07) is 20.3. The van der Waals surface area contributed by atoms with Gasteiger partial charge in [-0.2, -0.15) is 0 Å². The molecule has 2 rings (SSSR count). The van der Waals surface area contributed by atoms with Crippen LogP contribution in [0.15, 0.2) is 60.7 Å². The fraction of sp³-hybridized carbons (Fsp3) is 0.368. The predicted molar refractivity (Wildman–Crippen MR) is 95.5 cm³/mol. The van der Waals surface area contributed by atoms with Crippen molar-refractivity contribution in [2.24, 2.45) is 0 Å². The van der Waals surface area contributed by atoms with Gasteiger partial charge in [-0.1, -0.05) is 60.7 Å². The van der Waals surface area contributed by atoms with Crippen LogP contribution in [-0.2, 0) is 27.4 Å². The van der Waals surface area contributed by atoms with Gasteiger partial charge in [-0.25, -0.2) is 0 Å². The van der Waals surface area contributed by atoms with Crippen molar-refractivity contribution >= 4 is 11.8 Å². The van der Waals surface area contributed by atoms with E-state index in [0.29, 0.717) is 32.4 Å². The Morgan fingerprint density at radius 2 is 1.35 bits per heavy atom. The molecule has 0 saturated carbocycles. The van der Waals surface area contributed by atoms with Crippen LogP contribution in [0.3, 0.4) is 0 Å². The molecule has 0 bridgehead atoms. The van der Waals surface area contributed by atoms with Crippen LogP contribution >= 0.6 is 11.8 Å². The Kier molecular flexibility index (Phi) is 8.81. The Morgan fingerprint density at radius 3 is 1.96 bits per heavy atom. The van der Waals surface area contributed by atoms with Crippen LogP contribution in [-0.4, -0.2) is 31.5 Å². The molecule has 0 fully saturated rings. The number of ether oxygens (including phenoxy) is 3. The highest BCUT2D eigenvalue weighted by atomic mass is 32.2. The van der Waals surface area contributed by atoms with Gasteiger partial charge in [0.15, 0.2) is 0 Å². The first-order valence-corrected chi connectivity index (χ1v) is 9.11. The summed E-state index contributed by atoms with van der Waals surface area (Å²) in [6.07, 6.45) is 1.96. The summed E-state index contributed by atoms with van der Waals surface area (Å²) >= 11 is 1.66. The minimum Gasteiger partial charge on any atom is -0.374 e. The van der Waals surface area contributed by atoms with Crippen LogP contribution in [0.25, 0.3) is 0 Å². The molecule has 0 aliphatic heterocycles. The fourth-order valence-electron chi connectivity index (χ4n) is 2.08. The van der Waals surface area contributed by atoms with E-state index in [0.717, 1.165) is 5.56 Å². The van der Waals surface area contributed by atoms with Crippen molar-refractivity contribution in [2.45, 2.75) is 19.3 Å². The lowest BCUT2D eigenvalue weighted by Gasteiger charge is -2.18. The molecule has 0 heterocycles. The van der Waals surface area contributed by atoms with Gasteiger partial charge in [0.25, 0.3) is 0 Å². The zero-order valence-corrected chi connectivity index (χ0v) is 14.3. The van der Waals surface area contributed by atoms with E-state index >= 15 is 0 Å². The third kappa shape index (κ3) is 7.66. The molecule has 2 aromatic rings. The monoisotopic (exact) mass is 332 g/mol. The van der Waals surface area contributed by atoms with Gasteiger partial charge in [-0.05, 0) is 17.4 Å². The number of benzene rings is 2. The van der Waals surface area contributed by atoms with E-state index in [4.69, 9.17) is 14.2 Å². The van der Waals surface area contributed by atoms with E-state index in [1.54, 1.807) is 11.8 Å². The molecule has 0 aliphatic rings. The van der Waals surface area contributed by atoms with E-state index in [9.17, 15) is 0 Å².